The summed E-state index contributed by atoms with van der Waals surface area (Å²) in [7, 11) is -3.55. The fourth-order valence-corrected chi connectivity index (χ4v) is 3.80. The highest BCUT2D eigenvalue weighted by Gasteiger charge is 2.21. The Bertz CT molecular complexity index is 1220. The molecule has 0 aliphatic rings. The van der Waals surface area contributed by atoms with Gasteiger partial charge in [-0.2, -0.15) is 0 Å². The third-order valence-corrected chi connectivity index (χ3v) is 5.99. The van der Waals surface area contributed by atoms with Crippen LogP contribution in [0.5, 0.6) is 0 Å². The van der Waals surface area contributed by atoms with Crippen LogP contribution in [0.3, 0.4) is 0 Å². The summed E-state index contributed by atoms with van der Waals surface area (Å²) in [5, 5.41) is 17.7. The molecule has 0 saturated carbocycles. The quantitative estimate of drug-likeness (QED) is 0.375. The summed E-state index contributed by atoms with van der Waals surface area (Å²) in [6.07, 6.45) is 2.38. The van der Waals surface area contributed by atoms with E-state index in [2.05, 4.69) is 14.7 Å². The average Bonchev–Trinajstić information content (AvgIpc) is 2.83. The SMILES string of the molecule is CC(C)(CO)CNS(=O)(=O)c1cccc(CN)c1.O=C(O)c1cnc(-c2cccc(F)c2)nc1. The molecular weight excluding hydrogens is 463 g/mol. The molecule has 0 saturated heterocycles. The molecule has 3 rings (SSSR count). The Morgan fingerprint density at radius 2 is 1.76 bits per heavy atom. The van der Waals surface area contributed by atoms with Crippen molar-refractivity contribution in [3.8, 4) is 11.4 Å². The first-order valence-electron chi connectivity index (χ1n) is 10.2. The number of nitrogens with two attached hydrogens (primary N) is 1. The Morgan fingerprint density at radius 3 is 2.32 bits per heavy atom. The van der Waals surface area contributed by atoms with E-state index < -0.39 is 21.4 Å². The Labute approximate surface area is 197 Å². The molecule has 1 aromatic heterocycles. The average molecular weight is 491 g/mol. The largest absolute Gasteiger partial charge is 0.478 e. The number of carbonyl (C=O) groups is 1. The molecule has 0 aliphatic heterocycles. The zero-order valence-electron chi connectivity index (χ0n) is 18.8. The van der Waals surface area contributed by atoms with Crippen molar-refractivity contribution in [3.05, 3.63) is 77.9 Å². The standard InChI is InChI=1S/C12H20N2O3S.C11H7FN2O2/c1-12(2,9-15)8-14-18(16,17)11-5-3-4-10(6-11)7-13;12-9-3-1-2-7(4-9)10-13-5-8(6-14-10)11(15)16/h3-6,14-15H,7-9,13H2,1-2H3;1-6H,(H,15,16). The number of rotatable bonds is 8. The highest BCUT2D eigenvalue weighted by atomic mass is 32.2. The number of aromatic carboxylic acids is 1. The fraction of sp³-hybridized carbons (Fsp3) is 0.261. The summed E-state index contributed by atoms with van der Waals surface area (Å²) in [6.45, 7) is 3.96. The van der Waals surface area contributed by atoms with Crippen LogP contribution in [0.1, 0.15) is 29.8 Å². The van der Waals surface area contributed by atoms with Gasteiger partial charge in [-0.25, -0.2) is 32.3 Å². The number of aliphatic hydroxyl groups is 1. The fourth-order valence-electron chi connectivity index (χ4n) is 2.48. The molecule has 0 radical (unpaired) electrons. The van der Waals surface area contributed by atoms with Gasteiger partial charge in [0.05, 0.1) is 10.5 Å². The first-order chi connectivity index (χ1) is 16.0. The lowest BCUT2D eigenvalue weighted by atomic mass is 9.96. The molecule has 2 aromatic carbocycles. The Balaban J connectivity index is 0.000000241. The van der Waals surface area contributed by atoms with E-state index in [1.807, 2.05) is 0 Å². The number of carboxylic acid groups (broad SMARTS) is 1. The molecule has 1 heterocycles. The van der Waals surface area contributed by atoms with Gasteiger partial charge in [0.1, 0.15) is 5.82 Å². The smallest absolute Gasteiger partial charge is 0.338 e. The highest BCUT2D eigenvalue weighted by Crippen LogP contribution is 2.16. The van der Waals surface area contributed by atoms with Crippen LogP contribution in [-0.2, 0) is 16.6 Å². The summed E-state index contributed by atoms with van der Waals surface area (Å²) in [4.78, 5) is 18.5. The van der Waals surface area contributed by atoms with Gasteiger partial charge in [0, 0.05) is 43.1 Å². The van der Waals surface area contributed by atoms with E-state index in [0.717, 1.165) is 5.56 Å². The summed E-state index contributed by atoms with van der Waals surface area (Å²) < 4.78 is 39.5. The van der Waals surface area contributed by atoms with Gasteiger partial charge in [-0.3, -0.25) is 0 Å². The molecule has 9 nitrogen and oxygen atoms in total. The molecule has 0 atom stereocenters. The van der Waals surface area contributed by atoms with E-state index in [1.165, 1.54) is 30.6 Å². The highest BCUT2D eigenvalue weighted by molar-refractivity contribution is 7.89. The van der Waals surface area contributed by atoms with Gasteiger partial charge < -0.3 is 15.9 Å². The third-order valence-electron chi connectivity index (χ3n) is 4.59. The molecule has 11 heteroatoms. The van der Waals surface area contributed by atoms with Crippen LogP contribution in [0.25, 0.3) is 11.4 Å². The zero-order chi connectivity index (χ0) is 25.4. The number of nitrogens with zero attached hydrogens (tertiary/aromatic N) is 2. The van der Waals surface area contributed by atoms with Crippen molar-refractivity contribution in [1.29, 1.82) is 0 Å². The molecule has 182 valence electrons. The number of carboxylic acids is 1. The molecule has 0 amide bonds. The number of aliphatic hydroxyl groups excluding tert-OH is 1. The molecular formula is C23H27FN4O5S. The second-order valence-electron chi connectivity index (χ2n) is 8.11. The van der Waals surface area contributed by atoms with E-state index in [1.54, 1.807) is 44.2 Å². The van der Waals surface area contributed by atoms with Crippen molar-refractivity contribution in [2.45, 2.75) is 25.3 Å². The predicted octanol–water partition coefficient (Wildman–Crippen LogP) is 2.42. The number of nitrogens with one attached hydrogen (secondary N) is 1. The first kappa shape index (κ1) is 27.0. The Kier molecular flexibility index (Phi) is 9.33. The number of halogens is 1. The molecule has 3 aromatic rings. The number of benzene rings is 2. The van der Waals surface area contributed by atoms with Crippen molar-refractivity contribution >= 4 is 16.0 Å². The lowest BCUT2D eigenvalue weighted by molar-refractivity contribution is 0.0696. The lowest BCUT2D eigenvalue weighted by Gasteiger charge is -2.21. The number of aromatic nitrogens is 2. The molecule has 0 aliphatic carbocycles. The normalized spacial score (nSPS) is 11.4. The molecule has 0 bridgehead atoms. The first-order valence-corrected chi connectivity index (χ1v) is 11.7. The van der Waals surface area contributed by atoms with Gasteiger partial charge in [0.2, 0.25) is 10.0 Å². The van der Waals surface area contributed by atoms with Crippen molar-refractivity contribution in [3.63, 3.8) is 0 Å². The maximum Gasteiger partial charge on any atom is 0.338 e. The van der Waals surface area contributed by atoms with E-state index in [-0.39, 0.29) is 29.4 Å². The Morgan fingerprint density at radius 1 is 1.12 bits per heavy atom. The number of hydrogen-bond donors (Lipinski definition) is 4. The second kappa shape index (κ2) is 11.7. The van der Waals surface area contributed by atoms with Crippen LogP contribution in [0.15, 0.2) is 65.8 Å². The second-order valence-corrected chi connectivity index (χ2v) is 9.88. The van der Waals surface area contributed by atoms with E-state index in [0.29, 0.717) is 17.9 Å². The van der Waals surface area contributed by atoms with Crippen molar-refractivity contribution in [2.24, 2.45) is 11.1 Å². The topological polar surface area (TPSA) is 156 Å². The van der Waals surface area contributed by atoms with Gasteiger partial charge in [-0.05, 0) is 29.8 Å². The maximum atomic E-state index is 12.9. The van der Waals surface area contributed by atoms with Gasteiger partial charge in [0.25, 0.3) is 0 Å². The molecule has 0 unspecified atom stereocenters. The van der Waals surface area contributed by atoms with Crippen LogP contribution in [0.4, 0.5) is 4.39 Å². The zero-order valence-corrected chi connectivity index (χ0v) is 19.6. The number of hydrogen-bond acceptors (Lipinski definition) is 7. The lowest BCUT2D eigenvalue weighted by Crippen LogP contribution is -2.36. The van der Waals surface area contributed by atoms with Crippen molar-refractivity contribution in [1.82, 2.24) is 14.7 Å². The van der Waals surface area contributed by atoms with Crippen LogP contribution < -0.4 is 10.5 Å². The van der Waals surface area contributed by atoms with Crippen molar-refractivity contribution in [2.75, 3.05) is 13.2 Å². The van der Waals surface area contributed by atoms with Gasteiger partial charge >= 0.3 is 5.97 Å². The van der Waals surface area contributed by atoms with Crippen LogP contribution in [0.2, 0.25) is 0 Å². The summed E-state index contributed by atoms with van der Waals surface area (Å²) in [6, 6.07) is 12.3. The summed E-state index contributed by atoms with van der Waals surface area (Å²) in [5.74, 6) is -1.18. The molecule has 5 N–H and O–H groups in total. The molecule has 0 fully saturated rings. The minimum atomic E-state index is -3.55. The van der Waals surface area contributed by atoms with Crippen LogP contribution >= 0.6 is 0 Å². The van der Waals surface area contributed by atoms with E-state index in [9.17, 15) is 17.6 Å². The summed E-state index contributed by atoms with van der Waals surface area (Å²) >= 11 is 0. The predicted molar refractivity (Wildman–Crippen MR) is 125 cm³/mol. The maximum absolute atomic E-state index is 12.9. The number of sulfonamides is 1. The monoisotopic (exact) mass is 490 g/mol. The molecule has 0 spiro atoms. The van der Waals surface area contributed by atoms with Gasteiger partial charge in [0.15, 0.2) is 5.82 Å². The van der Waals surface area contributed by atoms with Crippen LogP contribution in [0, 0.1) is 11.2 Å². The molecule has 34 heavy (non-hydrogen) atoms. The van der Waals surface area contributed by atoms with Crippen LogP contribution in [-0.4, -0.2) is 47.7 Å². The Hall–Kier alpha value is -3.25. The van der Waals surface area contributed by atoms with Crippen molar-refractivity contribution < 1.29 is 27.8 Å². The van der Waals surface area contributed by atoms with E-state index in [4.69, 9.17) is 15.9 Å². The third kappa shape index (κ3) is 7.96. The van der Waals surface area contributed by atoms with E-state index >= 15 is 0 Å². The van der Waals surface area contributed by atoms with Gasteiger partial charge in [-0.15, -0.1) is 0 Å². The van der Waals surface area contributed by atoms with Gasteiger partial charge in [-0.1, -0.05) is 38.1 Å². The minimum Gasteiger partial charge on any atom is -0.478 e. The minimum absolute atomic E-state index is 0.000142. The summed E-state index contributed by atoms with van der Waals surface area (Å²) in [5.41, 5.74) is 6.27.